The van der Waals surface area contributed by atoms with E-state index in [1.807, 2.05) is 0 Å². The third-order valence-electron chi connectivity index (χ3n) is 3.85. The van der Waals surface area contributed by atoms with Gasteiger partial charge in [-0.1, -0.05) is 6.92 Å². The lowest BCUT2D eigenvalue weighted by Crippen LogP contribution is -2.50. The summed E-state index contributed by atoms with van der Waals surface area (Å²) in [6.07, 6.45) is 1.33. The minimum Gasteiger partial charge on any atom is -0.481 e. The van der Waals surface area contributed by atoms with Gasteiger partial charge in [0.2, 0.25) is 0 Å². The number of aliphatic carboxylic acids is 1. The third kappa shape index (κ3) is 16.0. The van der Waals surface area contributed by atoms with Crippen LogP contribution >= 0.6 is 0 Å². The molecule has 6 heteroatoms. The van der Waals surface area contributed by atoms with E-state index >= 15 is 0 Å². The van der Waals surface area contributed by atoms with Crippen LogP contribution < -0.4 is 0 Å². The maximum absolute atomic E-state index is 9.92. The van der Waals surface area contributed by atoms with Crippen LogP contribution in [0.3, 0.4) is 0 Å². The van der Waals surface area contributed by atoms with Crippen molar-refractivity contribution in [3.8, 4) is 0 Å². The summed E-state index contributed by atoms with van der Waals surface area (Å²) < 4.78 is 16.2. The molecule has 0 radical (unpaired) electrons. The van der Waals surface area contributed by atoms with Crippen molar-refractivity contribution in [1.29, 1.82) is 0 Å². The predicted octanol–water partition coefficient (Wildman–Crippen LogP) is 2.41. The van der Waals surface area contributed by atoms with E-state index in [1.165, 1.54) is 37.1 Å². The molecule has 0 bridgehead atoms. The van der Waals surface area contributed by atoms with Gasteiger partial charge in [-0.25, -0.2) is 0 Å². The predicted molar refractivity (Wildman–Crippen MR) is 92.8 cm³/mol. The monoisotopic (exact) mass is 336 g/mol. The van der Waals surface area contributed by atoms with Crippen molar-refractivity contribution < 1.29 is 28.6 Å². The van der Waals surface area contributed by atoms with Crippen LogP contribution in [0.5, 0.6) is 0 Å². The number of likely N-dealkylation sites (N-methyl/N-ethyl adjacent to an activating group) is 1. The van der Waals surface area contributed by atoms with Crippen LogP contribution in [0.4, 0.5) is 0 Å². The van der Waals surface area contributed by atoms with E-state index in [2.05, 4.69) is 32.4 Å². The quantitative estimate of drug-likeness (QED) is 0.390. The summed E-state index contributed by atoms with van der Waals surface area (Å²) >= 11 is 0. The van der Waals surface area contributed by atoms with Crippen molar-refractivity contribution in [3.05, 3.63) is 0 Å². The molecule has 6 nitrogen and oxygen atoms in total. The standard InChI is InChI=1S/C11H26NO.C6H12O4/c1-5-9-12(6-2,7-3)10-11-13-8-4;1-9-4-5-10-3-2-6(7)8/h5-11H2,1-4H3;2-5H2,1H3,(H,7,8)/q+1;. The van der Waals surface area contributed by atoms with Crippen LogP contribution in [0.25, 0.3) is 0 Å². The van der Waals surface area contributed by atoms with Crippen LogP contribution in [0.2, 0.25) is 0 Å². The second kappa shape index (κ2) is 17.7. The Balaban J connectivity index is 0. The van der Waals surface area contributed by atoms with Gasteiger partial charge in [0.1, 0.15) is 6.54 Å². The van der Waals surface area contributed by atoms with E-state index in [4.69, 9.17) is 14.6 Å². The SMILES string of the molecule is CCC[N+](CC)(CC)CCOCC.COCCOCCC(=O)O. The van der Waals surface area contributed by atoms with Crippen molar-refractivity contribution in [3.63, 3.8) is 0 Å². The zero-order chi connectivity index (χ0) is 18.0. The summed E-state index contributed by atoms with van der Waals surface area (Å²) in [6, 6.07) is 0. The van der Waals surface area contributed by atoms with E-state index in [-0.39, 0.29) is 13.0 Å². The summed E-state index contributed by atoms with van der Waals surface area (Å²) in [6.45, 7) is 16.8. The summed E-state index contributed by atoms with van der Waals surface area (Å²) in [4.78, 5) is 9.92. The molecule has 0 saturated carbocycles. The molecule has 0 saturated heterocycles. The Kier molecular flexibility index (Phi) is 18.9. The zero-order valence-corrected chi connectivity index (χ0v) is 15.8. The molecule has 0 aliphatic heterocycles. The summed E-state index contributed by atoms with van der Waals surface area (Å²) in [5, 5.41) is 8.16. The third-order valence-corrected chi connectivity index (χ3v) is 3.85. The van der Waals surface area contributed by atoms with Gasteiger partial charge in [-0.05, 0) is 27.2 Å². The van der Waals surface area contributed by atoms with Crippen LogP contribution in [0.1, 0.15) is 40.5 Å². The highest BCUT2D eigenvalue weighted by atomic mass is 16.5. The van der Waals surface area contributed by atoms with Crippen molar-refractivity contribution in [2.75, 3.05) is 66.3 Å². The summed E-state index contributed by atoms with van der Waals surface area (Å²) in [7, 11) is 1.57. The molecule has 0 spiro atoms. The highest BCUT2D eigenvalue weighted by molar-refractivity contribution is 5.66. The molecule has 0 aromatic carbocycles. The fourth-order valence-corrected chi connectivity index (χ4v) is 2.25. The molecule has 0 heterocycles. The maximum atomic E-state index is 9.92. The van der Waals surface area contributed by atoms with Crippen LogP contribution in [0.15, 0.2) is 0 Å². The number of carboxylic acid groups (broad SMARTS) is 1. The van der Waals surface area contributed by atoms with E-state index in [9.17, 15) is 4.79 Å². The highest BCUT2D eigenvalue weighted by Crippen LogP contribution is 2.07. The second-order valence-corrected chi connectivity index (χ2v) is 5.37. The number of rotatable bonds is 14. The van der Waals surface area contributed by atoms with Crippen LogP contribution in [0, 0.1) is 0 Å². The molecular formula is C17H38NO5+. The largest absolute Gasteiger partial charge is 0.481 e. The molecule has 0 aromatic heterocycles. The van der Waals surface area contributed by atoms with Gasteiger partial charge in [-0.15, -0.1) is 0 Å². The molecule has 0 unspecified atom stereocenters. The van der Waals surface area contributed by atoms with Gasteiger partial charge in [-0.3, -0.25) is 4.79 Å². The topological polar surface area (TPSA) is 65.0 Å². The van der Waals surface area contributed by atoms with E-state index in [0.29, 0.717) is 13.2 Å². The number of carbonyl (C=O) groups is 1. The van der Waals surface area contributed by atoms with Gasteiger partial charge in [-0.2, -0.15) is 0 Å². The molecule has 0 rings (SSSR count). The number of carboxylic acids is 1. The number of hydrogen-bond donors (Lipinski definition) is 1. The lowest BCUT2D eigenvalue weighted by atomic mass is 10.3. The average Bonchev–Trinajstić information content (AvgIpc) is 2.54. The second-order valence-electron chi connectivity index (χ2n) is 5.37. The van der Waals surface area contributed by atoms with E-state index in [0.717, 1.165) is 13.2 Å². The van der Waals surface area contributed by atoms with E-state index < -0.39 is 5.97 Å². The van der Waals surface area contributed by atoms with Gasteiger partial charge in [0.25, 0.3) is 0 Å². The summed E-state index contributed by atoms with van der Waals surface area (Å²) in [5.74, 6) is -0.836. The molecule has 0 aromatic rings. The van der Waals surface area contributed by atoms with Crippen molar-refractivity contribution in [2.45, 2.75) is 40.5 Å². The molecule has 23 heavy (non-hydrogen) atoms. The first kappa shape index (κ1) is 24.6. The van der Waals surface area contributed by atoms with Gasteiger partial charge < -0.3 is 23.8 Å². The van der Waals surface area contributed by atoms with Gasteiger partial charge in [0, 0.05) is 13.7 Å². The van der Waals surface area contributed by atoms with Crippen LogP contribution in [-0.2, 0) is 19.0 Å². The van der Waals surface area contributed by atoms with Crippen molar-refractivity contribution >= 4 is 5.97 Å². The zero-order valence-electron chi connectivity index (χ0n) is 15.8. The lowest BCUT2D eigenvalue weighted by Gasteiger charge is -2.36. The van der Waals surface area contributed by atoms with E-state index in [1.54, 1.807) is 7.11 Å². The lowest BCUT2D eigenvalue weighted by molar-refractivity contribution is -0.925. The summed E-state index contributed by atoms with van der Waals surface area (Å²) in [5.41, 5.74) is 0. The molecule has 1 N–H and O–H groups in total. The average molecular weight is 336 g/mol. The first-order valence-corrected chi connectivity index (χ1v) is 8.73. The smallest absolute Gasteiger partial charge is 0.305 e. The molecule has 0 aliphatic rings. The Morgan fingerprint density at radius 2 is 1.57 bits per heavy atom. The minimum absolute atomic E-state index is 0.0592. The maximum Gasteiger partial charge on any atom is 0.305 e. The van der Waals surface area contributed by atoms with Crippen molar-refractivity contribution in [2.24, 2.45) is 0 Å². The first-order chi connectivity index (χ1) is 11.0. The molecule has 0 amide bonds. The Labute approximate surface area is 142 Å². The molecular weight excluding hydrogens is 298 g/mol. The minimum atomic E-state index is -0.836. The Morgan fingerprint density at radius 3 is 2.00 bits per heavy atom. The van der Waals surface area contributed by atoms with Crippen LogP contribution in [-0.4, -0.2) is 81.9 Å². The molecule has 140 valence electrons. The van der Waals surface area contributed by atoms with Crippen molar-refractivity contribution in [1.82, 2.24) is 0 Å². The Hall–Kier alpha value is -0.690. The number of methoxy groups -OCH3 is 1. The fourth-order valence-electron chi connectivity index (χ4n) is 2.25. The van der Waals surface area contributed by atoms with Gasteiger partial charge in [0.15, 0.2) is 0 Å². The fraction of sp³-hybridized carbons (Fsp3) is 0.941. The highest BCUT2D eigenvalue weighted by Gasteiger charge is 2.20. The number of quaternary nitrogens is 1. The normalized spacial score (nSPS) is 11.0. The molecule has 0 aliphatic carbocycles. The van der Waals surface area contributed by atoms with Gasteiger partial charge in [0.05, 0.1) is 52.5 Å². The molecule has 0 atom stereocenters. The number of ether oxygens (including phenoxy) is 3. The van der Waals surface area contributed by atoms with Gasteiger partial charge >= 0.3 is 5.97 Å². The molecule has 0 fully saturated rings. The first-order valence-electron chi connectivity index (χ1n) is 8.73. The Morgan fingerprint density at radius 1 is 0.913 bits per heavy atom. The Bertz CT molecular complexity index is 257. The number of nitrogens with zero attached hydrogens (tertiary/aromatic N) is 1. The number of hydrogen-bond acceptors (Lipinski definition) is 4.